The summed E-state index contributed by atoms with van der Waals surface area (Å²) in [6, 6.07) is 15.6. The number of hydrogen-bond acceptors (Lipinski definition) is 0. The van der Waals surface area contributed by atoms with E-state index in [-0.39, 0.29) is 5.82 Å². The van der Waals surface area contributed by atoms with Crippen LogP contribution < -0.4 is 0 Å². The topological polar surface area (TPSA) is 0 Å². The number of halogens is 1. The summed E-state index contributed by atoms with van der Waals surface area (Å²) in [6.07, 6.45) is 9.20. The van der Waals surface area contributed by atoms with Crippen LogP contribution in [0, 0.1) is 17.7 Å². The summed E-state index contributed by atoms with van der Waals surface area (Å²) in [5, 5.41) is 0. The van der Waals surface area contributed by atoms with E-state index in [1.54, 1.807) is 12.1 Å². The van der Waals surface area contributed by atoms with Gasteiger partial charge in [0.25, 0.3) is 0 Å². The van der Waals surface area contributed by atoms with E-state index in [0.29, 0.717) is 5.92 Å². The Kier molecular flexibility index (Phi) is 6.07. The van der Waals surface area contributed by atoms with Crippen LogP contribution in [-0.4, -0.2) is 0 Å². The first-order valence-corrected chi connectivity index (χ1v) is 9.30. The van der Waals surface area contributed by atoms with Gasteiger partial charge in [-0.3, -0.25) is 0 Å². The SMILES string of the molecule is CCCCc1ccc(C2CC=C(C#Cc3ccc(F)cc3)CC2)cc1. The van der Waals surface area contributed by atoms with E-state index >= 15 is 0 Å². The molecule has 1 aliphatic rings. The highest BCUT2D eigenvalue weighted by Crippen LogP contribution is 2.32. The molecule has 3 rings (SSSR count). The smallest absolute Gasteiger partial charge is 0.123 e. The van der Waals surface area contributed by atoms with Gasteiger partial charge in [0.2, 0.25) is 0 Å². The van der Waals surface area contributed by atoms with Crippen molar-refractivity contribution < 1.29 is 4.39 Å². The van der Waals surface area contributed by atoms with Crippen molar-refractivity contribution in [2.45, 2.75) is 51.4 Å². The third kappa shape index (κ3) is 5.07. The summed E-state index contributed by atoms with van der Waals surface area (Å²) >= 11 is 0. The fourth-order valence-corrected chi connectivity index (χ4v) is 3.27. The van der Waals surface area contributed by atoms with Crippen LogP contribution >= 0.6 is 0 Å². The van der Waals surface area contributed by atoms with E-state index in [0.717, 1.165) is 24.8 Å². The Morgan fingerprint density at radius 2 is 1.76 bits per heavy atom. The lowest BCUT2D eigenvalue weighted by atomic mass is 9.84. The fourth-order valence-electron chi connectivity index (χ4n) is 3.27. The molecule has 0 bridgehead atoms. The number of aryl methyl sites for hydroxylation is 1. The molecule has 1 aliphatic carbocycles. The zero-order chi connectivity index (χ0) is 17.5. The second-order valence-corrected chi connectivity index (χ2v) is 6.80. The van der Waals surface area contributed by atoms with Gasteiger partial charge in [-0.15, -0.1) is 0 Å². The second-order valence-electron chi connectivity index (χ2n) is 6.80. The predicted octanol–water partition coefficient (Wildman–Crippen LogP) is 6.41. The van der Waals surface area contributed by atoms with E-state index in [1.165, 1.54) is 48.1 Å². The van der Waals surface area contributed by atoms with E-state index in [4.69, 9.17) is 0 Å². The van der Waals surface area contributed by atoms with Crippen molar-refractivity contribution in [1.82, 2.24) is 0 Å². The summed E-state index contributed by atoms with van der Waals surface area (Å²) in [7, 11) is 0. The summed E-state index contributed by atoms with van der Waals surface area (Å²) in [4.78, 5) is 0. The Morgan fingerprint density at radius 3 is 2.40 bits per heavy atom. The average Bonchev–Trinajstić information content (AvgIpc) is 2.67. The van der Waals surface area contributed by atoms with Crippen LogP contribution in [0.25, 0.3) is 0 Å². The molecule has 2 aromatic carbocycles. The number of benzene rings is 2. The average molecular weight is 332 g/mol. The molecule has 128 valence electrons. The van der Waals surface area contributed by atoms with Gasteiger partial charge in [0.05, 0.1) is 0 Å². The monoisotopic (exact) mass is 332 g/mol. The normalized spacial score (nSPS) is 16.7. The maximum Gasteiger partial charge on any atom is 0.123 e. The van der Waals surface area contributed by atoms with Crippen LogP contribution in [0.5, 0.6) is 0 Å². The lowest BCUT2D eigenvalue weighted by Crippen LogP contribution is -2.04. The van der Waals surface area contributed by atoms with E-state index in [2.05, 4.69) is 49.1 Å². The quantitative estimate of drug-likeness (QED) is 0.567. The molecular weight excluding hydrogens is 307 g/mol. The van der Waals surface area contributed by atoms with Crippen LogP contribution in [0.1, 0.15) is 61.6 Å². The Bertz CT molecular complexity index is 770. The zero-order valence-electron chi connectivity index (χ0n) is 14.9. The van der Waals surface area contributed by atoms with Crippen molar-refractivity contribution in [2.75, 3.05) is 0 Å². The molecule has 0 N–H and O–H groups in total. The van der Waals surface area contributed by atoms with Gasteiger partial charge in [0.1, 0.15) is 5.82 Å². The highest BCUT2D eigenvalue weighted by Gasteiger charge is 2.15. The molecule has 0 spiro atoms. The van der Waals surface area contributed by atoms with Crippen molar-refractivity contribution in [3.05, 3.63) is 82.7 Å². The summed E-state index contributed by atoms with van der Waals surface area (Å²) < 4.78 is 12.9. The Morgan fingerprint density at radius 1 is 1.00 bits per heavy atom. The van der Waals surface area contributed by atoms with Gasteiger partial charge in [-0.1, -0.05) is 55.5 Å². The molecule has 0 amide bonds. The minimum Gasteiger partial charge on any atom is -0.207 e. The maximum atomic E-state index is 12.9. The lowest BCUT2D eigenvalue weighted by Gasteiger charge is -2.20. The van der Waals surface area contributed by atoms with Gasteiger partial charge in [-0.2, -0.15) is 0 Å². The number of rotatable bonds is 4. The first-order valence-electron chi connectivity index (χ1n) is 9.30. The molecule has 0 fully saturated rings. The van der Waals surface area contributed by atoms with Crippen LogP contribution in [0.3, 0.4) is 0 Å². The van der Waals surface area contributed by atoms with Crippen molar-refractivity contribution >= 4 is 0 Å². The summed E-state index contributed by atoms with van der Waals surface area (Å²) in [5.74, 6) is 6.78. The van der Waals surface area contributed by atoms with Gasteiger partial charge in [0.15, 0.2) is 0 Å². The Balaban J connectivity index is 1.59. The lowest BCUT2D eigenvalue weighted by molar-refractivity contribution is 0.607. The number of unbranched alkanes of at least 4 members (excludes halogenated alkanes) is 1. The van der Waals surface area contributed by atoms with Crippen molar-refractivity contribution in [2.24, 2.45) is 0 Å². The third-order valence-electron chi connectivity index (χ3n) is 4.89. The minimum absolute atomic E-state index is 0.217. The molecule has 0 aromatic heterocycles. The van der Waals surface area contributed by atoms with Gasteiger partial charge in [-0.25, -0.2) is 4.39 Å². The molecule has 1 atom stereocenters. The van der Waals surface area contributed by atoms with E-state index < -0.39 is 0 Å². The van der Waals surface area contributed by atoms with Crippen molar-refractivity contribution in [1.29, 1.82) is 0 Å². The number of allylic oxidation sites excluding steroid dienone is 2. The van der Waals surface area contributed by atoms with Crippen LogP contribution in [-0.2, 0) is 6.42 Å². The largest absolute Gasteiger partial charge is 0.207 e. The Hall–Kier alpha value is -2.33. The summed E-state index contributed by atoms with van der Waals surface area (Å²) in [6.45, 7) is 2.24. The van der Waals surface area contributed by atoms with Gasteiger partial charge >= 0.3 is 0 Å². The molecule has 1 unspecified atom stereocenters. The van der Waals surface area contributed by atoms with Crippen molar-refractivity contribution in [3.8, 4) is 11.8 Å². The van der Waals surface area contributed by atoms with Crippen LogP contribution in [0.2, 0.25) is 0 Å². The number of hydrogen-bond donors (Lipinski definition) is 0. The van der Waals surface area contributed by atoms with Gasteiger partial charge in [0, 0.05) is 5.56 Å². The van der Waals surface area contributed by atoms with Crippen LogP contribution in [0.4, 0.5) is 4.39 Å². The van der Waals surface area contributed by atoms with Crippen LogP contribution in [0.15, 0.2) is 60.2 Å². The summed E-state index contributed by atoms with van der Waals surface area (Å²) in [5.41, 5.74) is 4.97. The predicted molar refractivity (Wildman–Crippen MR) is 103 cm³/mol. The minimum atomic E-state index is -0.217. The third-order valence-corrected chi connectivity index (χ3v) is 4.89. The van der Waals surface area contributed by atoms with Crippen molar-refractivity contribution in [3.63, 3.8) is 0 Å². The molecule has 0 radical (unpaired) electrons. The fraction of sp³-hybridized carbons (Fsp3) is 0.333. The van der Waals surface area contributed by atoms with Gasteiger partial charge < -0.3 is 0 Å². The molecule has 0 saturated heterocycles. The van der Waals surface area contributed by atoms with E-state index in [9.17, 15) is 4.39 Å². The molecular formula is C24H25F. The molecule has 2 aromatic rings. The molecule has 0 saturated carbocycles. The second kappa shape index (κ2) is 8.67. The zero-order valence-corrected chi connectivity index (χ0v) is 14.9. The maximum absolute atomic E-state index is 12.9. The first kappa shape index (κ1) is 17.5. The standard InChI is InChI=1S/C24H25F/c1-2-3-4-19-7-13-22(14-8-19)23-15-9-20(10-16-23)5-6-21-11-17-24(25)18-12-21/h7-9,11-14,17-18,23H,2-4,10,15-16H2,1H3. The highest BCUT2D eigenvalue weighted by atomic mass is 19.1. The highest BCUT2D eigenvalue weighted by molar-refractivity contribution is 5.41. The molecule has 0 heterocycles. The Labute approximate surface area is 150 Å². The molecule has 0 nitrogen and oxygen atoms in total. The molecule has 25 heavy (non-hydrogen) atoms. The van der Waals surface area contributed by atoms with E-state index in [1.807, 2.05) is 0 Å². The van der Waals surface area contributed by atoms with Gasteiger partial charge in [-0.05, 0) is 79.0 Å². The molecule has 1 heteroatoms. The first-order chi connectivity index (χ1) is 12.2. The molecule has 0 aliphatic heterocycles.